The van der Waals surface area contributed by atoms with E-state index in [4.69, 9.17) is 5.73 Å². The second-order valence-electron chi connectivity index (χ2n) is 5.28. The largest absolute Gasteiger partial charge is 0.396 e. The molecule has 1 aliphatic heterocycles. The Hall–Kier alpha value is -1.62. The molecule has 1 amide bonds. The number of nitrogens with zero attached hydrogens (tertiary/aromatic N) is 1. The Morgan fingerprint density at radius 2 is 2.11 bits per heavy atom. The van der Waals surface area contributed by atoms with E-state index in [1.54, 1.807) is 4.90 Å². The van der Waals surface area contributed by atoms with Crippen LogP contribution >= 0.6 is 0 Å². The van der Waals surface area contributed by atoms with Crippen LogP contribution in [0, 0.1) is 11.7 Å². The van der Waals surface area contributed by atoms with Crippen molar-refractivity contribution in [1.82, 2.24) is 4.90 Å². The number of amides is 1. The summed E-state index contributed by atoms with van der Waals surface area (Å²) in [6.45, 7) is 0.699. The van der Waals surface area contributed by atoms with E-state index >= 15 is 0 Å². The lowest BCUT2D eigenvalue weighted by Crippen LogP contribution is -2.64. The third-order valence-corrected chi connectivity index (χ3v) is 3.80. The molecule has 0 atom stereocenters. The number of aliphatic hydroxyl groups is 1. The topological polar surface area (TPSA) is 66.6 Å². The summed E-state index contributed by atoms with van der Waals surface area (Å²) in [5.41, 5.74) is 4.97. The Bertz CT molecular complexity index is 508. The molecule has 0 bridgehead atoms. The summed E-state index contributed by atoms with van der Waals surface area (Å²) in [5.74, 6) is -0.497. The zero-order valence-electron chi connectivity index (χ0n) is 9.90. The van der Waals surface area contributed by atoms with Crippen LogP contribution in [-0.2, 0) is 0 Å². The molecule has 1 aliphatic carbocycles. The third-order valence-electron chi connectivity index (χ3n) is 3.80. The summed E-state index contributed by atoms with van der Waals surface area (Å²) >= 11 is 0. The molecule has 0 aromatic heterocycles. The quantitative estimate of drug-likeness (QED) is 0.770. The highest BCUT2D eigenvalue weighted by molar-refractivity contribution is 5.95. The van der Waals surface area contributed by atoms with E-state index < -0.39 is 11.4 Å². The van der Waals surface area contributed by atoms with Crippen molar-refractivity contribution in [3.8, 4) is 0 Å². The lowest BCUT2D eigenvalue weighted by atomic mass is 9.88. The van der Waals surface area contributed by atoms with Crippen molar-refractivity contribution in [3.05, 3.63) is 29.6 Å². The first-order valence-corrected chi connectivity index (χ1v) is 6.06. The van der Waals surface area contributed by atoms with Crippen LogP contribution in [0.2, 0.25) is 0 Å². The van der Waals surface area contributed by atoms with Gasteiger partial charge in [0.15, 0.2) is 0 Å². The van der Waals surface area contributed by atoms with Gasteiger partial charge in [-0.05, 0) is 37.0 Å². The molecule has 1 heterocycles. The van der Waals surface area contributed by atoms with Gasteiger partial charge in [-0.25, -0.2) is 4.39 Å². The van der Waals surface area contributed by atoms with Gasteiger partial charge in [0.05, 0.1) is 18.8 Å². The maximum Gasteiger partial charge on any atom is 0.254 e. The molecule has 0 spiro atoms. The highest BCUT2D eigenvalue weighted by atomic mass is 19.1. The molecule has 18 heavy (non-hydrogen) atoms. The average Bonchev–Trinajstić information content (AvgIpc) is 3.12. The zero-order valence-corrected chi connectivity index (χ0v) is 9.90. The summed E-state index contributed by atoms with van der Waals surface area (Å²) in [5, 5.41) is 10.1. The molecule has 2 fully saturated rings. The fourth-order valence-corrected chi connectivity index (χ4v) is 2.48. The van der Waals surface area contributed by atoms with Crippen molar-refractivity contribution in [2.24, 2.45) is 5.92 Å². The molecule has 0 radical (unpaired) electrons. The number of β-amino-alcohol motifs (C(OH)–C–C–N with tert-alkyl or cyclic N) is 1. The lowest BCUT2D eigenvalue weighted by molar-refractivity contribution is -0.0958. The van der Waals surface area contributed by atoms with Crippen LogP contribution in [0.1, 0.15) is 23.2 Å². The monoisotopic (exact) mass is 250 g/mol. The predicted octanol–water partition coefficient (Wildman–Crippen LogP) is 1.00. The number of hydrogen-bond acceptors (Lipinski definition) is 3. The number of hydrogen-bond donors (Lipinski definition) is 2. The van der Waals surface area contributed by atoms with Crippen molar-refractivity contribution >= 4 is 11.6 Å². The first kappa shape index (κ1) is 11.5. The minimum absolute atomic E-state index is 0.0321. The van der Waals surface area contributed by atoms with Crippen LogP contribution in [0.25, 0.3) is 0 Å². The van der Waals surface area contributed by atoms with Gasteiger partial charge in [-0.2, -0.15) is 0 Å². The Morgan fingerprint density at radius 1 is 1.44 bits per heavy atom. The molecule has 4 nitrogen and oxygen atoms in total. The molecular formula is C13H15FN2O2. The molecule has 1 saturated heterocycles. The third kappa shape index (κ3) is 1.75. The van der Waals surface area contributed by atoms with E-state index in [2.05, 4.69) is 0 Å². The van der Waals surface area contributed by atoms with E-state index in [-0.39, 0.29) is 17.2 Å². The molecule has 3 N–H and O–H groups in total. The number of rotatable bonds is 2. The minimum Gasteiger partial charge on any atom is -0.396 e. The molecular weight excluding hydrogens is 235 g/mol. The summed E-state index contributed by atoms with van der Waals surface area (Å²) in [6.07, 6.45) is 2.07. The van der Waals surface area contributed by atoms with Gasteiger partial charge in [0, 0.05) is 5.56 Å². The van der Waals surface area contributed by atoms with Crippen LogP contribution in [0.3, 0.4) is 0 Å². The molecule has 1 aromatic rings. The molecule has 1 aromatic carbocycles. The molecule has 3 rings (SSSR count). The Labute approximate surface area is 104 Å². The predicted molar refractivity (Wildman–Crippen MR) is 64.4 cm³/mol. The highest BCUT2D eigenvalue weighted by Crippen LogP contribution is 2.44. The van der Waals surface area contributed by atoms with Gasteiger partial charge in [0.25, 0.3) is 5.91 Å². The normalized spacial score (nSPS) is 21.6. The van der Waals surface area contributed by atoms with Gasteiger partial charge in [-0.3, -0.25) is 4.79 Å². The van der Waals surface area contributed by atoms with Crippen LogP contribution < -0.4 is 5.73 Å². The van der Waals surface area contributed by atoms with Crippen LogP contribution in [0.15, 0.2) is 18.2 Å². The van der Waals surface area contributed by atoms with Crippen LogP contribution in [-0.4, -0.2) is 34.6 Å². The van der Waals surface area contributed by atoms with E-state index in [1.807, 2.05) is 0 Å². The van der Waals surface area contributed by atoms with Crippen LogP contribution in [0.5, 0.6) is 0 Å². The summed E-state index contributed by atoms with van der Waals surface area (Å²) in [4.78, 5) is 13.6. The van der Waals surface area contributed by atoms with Gasteiger partial charge in [0.1, 0.15) is 11.4 Å². The van der Waals surface area contributed by atoms with Gasteiger partial charge >= 0.3 is 0 Å². The smallest absolute Gasteiger partial charge is 0.254 e. The Balaban J connectivity index is 1.70. The van der Waals surface area contributed by atoms with E-state index in [0.717, 1.165) is 18.9 Å². The van der Waals surface area contributed by atoms with E-state index in [1.165, 1.54) is 12.1 Å². The maximum absolute atomic E-state index is 13.3. The number of anilines is 1. The SMILES string of the molecule is Nc1ccc(C(=O)N2CC(O)(C3CC3)C2)cc1F. The van der Waals surface area contributed by atoms with Gasteiger partial charge in [0.2, 0.25) is 0 Å². The van der Waals surface area contributed by atoms with Crippen molar-refractivity contribution in [3.63, 3.8) is 0 Å². The van der Waals surface area contributed by atoms with E-state index in [9.17, 15) is 14.3 Å². The van der Waals surface area contributed by atoms with Crippen molar-refractivity contribution in [2.45, 2.75) is 18.4 Å². The summed E-state index contributed by atoms with van der Waals surface area (Å²) < 4.78 is 13.3. The zero-order chi connectivity index (χ0) is 12.9. The van der Waals surface area contributed by atoms with Crippen molar-refractivity contribution < 1.29 is 14.3 Å². The average molecular weight is 250 g/mol. The molecule has 5 heteroatoms. The molecule has 1 saturated carbocycles. The fourth-order valence-electron chi connectivity index (χ4n) is 2.48. The van der Waals surface area contributed by atoms with Gasteiger partial charge in [-0.15, -0.1) is 0 Å². The number of benzene rings is 1. The fraction of sp³-hybridized carbons (Fsp3) is 0.462. The van der Waals surface area contributed by atoms with Gasteiger partial charge < -0.3 is 15.7 Å². The summed E-state index contributed by atoms with van der Waals surface area (Å²) in [7, 11) is 0. The Morgan fingerprint density at radius 3 is 2.67 bits per heavy atom. The number of nitrogen functional groups attached to an aromatic ring is 1. The first-order valence-electron chi connectivity index (χ1n) is 6.06. The highest BCUT2D eigenvalue weighted by Gasteiger charge is 2.53. The number of halogens is 1. The molecule has 2 aliphatic rings. The molecule has 0 unspecified atom stereocenters. The minimum atomic E-state index is -0.706. The Kier molecular flexibility index (Phi) is 2.35. The van der Waals surface area contributed by atoms with Gasteiger partial charge in [-0.1, -0.05) is 0 Å². The summed E-state index contributed by atoms with van der Waals surface area (Å²) in [6, 6.07) is 4.04. The standard InChI is InChI=1S/C13H15FN2O2/c14-10-5-8(1-4-11(10)15)12(17)16-6-13(18,7-16)9-2-3-9/h1,4-5,9,18H,2-3,6-7,15H2. The molecule has 96 valence electrons. The number of carbonyl (C=O) groups excluding carboxylic acids is 1. The second kappa shape index (κ2) is 3.68. The number of carbonyl (C=O) groups is 1. The lowest BCUT2D eigenvalue weighted by Gasteiger charge is -2.47. The number of nitrogens with two attached hydrogens (primary N) is 1. The van der Waals surface area contributed by atoms with Crippen molar-refractivity contribution in [1.29, 1.82) is 0 Å². The van der Waals surface area contributed by atoms with Crippen molar-refractivity contribution in [2.75, 3.05) is 18.8 Å². The van der Waals surface area contributed by atoms with Crippen LogP contribution in [0.4, 0.5) is 10.1 Å². The second-order valence-corrected chi connectivity index (χ2v) is 5.28. The maximum atomic E-state index is 13.3. The number of likely N-dealkylation sites (tertiary alicyclic amines) is 1. The van der Waals surface area contributed by atoms with E-state index in [0.29, 0.717) is 19.0 Å². The first-order chi connectivity index (χ1) is 8.49.